The van der Waals surface area contributed by atoms with Crippen LogP contribution in [0.5, 0.6) is 0 Å². The van der Waals surface area contributed by atoms with Crippen molar-refractivity contribution in [3.63, 3.8) is 0 Å². The third-order valence-electron chi connectivity index (χ3n) is 2.77. The SMILES string of the molecule is CC(C)OC(=O)[C@H](CCC(=O)C=[N+]=[N-])NC(=O)[C@H](O)c1nccs1. The first kappa shape index (κ1) is 19.6. The zero-order chi connectivity index (χ0) is 18.1. The maximum Gasteiger partial charge on any atom is 0.328 e. The Morgan fingerprint density at radius 1 is 1.50 bits per heavy atom. The molecule has 130 valence electrons. The Labute approximate surface area is 142 Å². The molecule has 2 N–H and O–H groups in total. The maximum atomic E-state index is 12.1. The second kappa shape index (κ2) is 9.66. The zero-order valence-electron chi connectivity index (χ0n) is 13.2. The van der Waals surface area contributed by atoms with Gasteiger partial charge in [0.25, 0.3) is 5.91 Å². The molecular weight excluding hydrogens is 336 g/mol. The van der Waals surface area contributed by atoms with Crippen LogP contribution in [0.25, 0.3) is 5.53 Å². The normalized spacial score (nSPS) is 12.8. The number of aliphatic hydroxyl groups excluding tert-OH is 1. The summed E-state index contributed by atoms with van der Waals surface area (Å²) in [4.78, 5) is 41.9. The van der Waals surface area contributed by atoms with Crippen LogP contribution in [-0.4, -0.2) is 50.9 Å². The molecular formula is C14H18N4O5S. The van der Waals surface area contributed by atoms with Crippen molar-refractivity contribution in [2.75, 3.05) is 0 Å². The van der Waals surface area contributed by atoms with Gasteiger partial charge in [0.2, 0.25) is 5.78 Å². The topological polar surface area (TPSA) is 142 Å². The molecule has 2 atom stereocenters. The molecule has 0 radical (unpaired) electrons. The van der Waals surface area contributed by atoms with Crippen molar-refractivity contribution < 1.29 is 29.0 Å². The van der Waals surface area contributed by atoms with E-state index in [1.807, 2.05) is 0 Å². The van der Waals surface area contributed by atoms with Gasteiger partial charge in [0.15, 0.2) is 6.10 Å². The molecule has 1 rings (SSSR count). The van der Waals surface area contributed by atoms with Gasteiger partial charge in [-0.3, -0.25) is 9.59 Å². The van der Waals surface area contributed by atoms with E-state index in [0.717, 1.165) is 11.3 Å². The highest BCUT2D eigenvalue weighted by Crippen LogP contribution is 2.16. The zero-order valence-corrected chi connectivity index (χ0v) is 14.0. The number of hydrogen-bond donors (Lipinski definition) is 2. The van der Waals surface area contributed by atoms with Crippen LogP contribution in [0.3, 0.4) is 0 Å². The predicted octanol–water partition coefficient (Wildman–Crippen LogP) is 0.263. The van der Waals surface area contributed by atoms with Gasteiger partial charge in [0, 0.05) is 18.0 Å². The summed E-state index contributed by atoms with van der Waals surface area (Å²) in [6, 6.07) is -1.12. The van der Waals surface area contributed by atoms with Gasteiger partial charge in [-0.25, -0.2) is 9.78 Å². The minimum Gasteiger partial charge on any atom is -0.461 e. The number of thiazole rings is 1. The highest BCUT2D eigenvalue weighted by molar-refractivity contribution is 7.09. The lowest BCUT2D eigenvalue weighted by molar-refractivity contribution is -0.152. The minimum absolute atomic E-state index is 0.0628. The summed E-state index contributed by atoms with van der Waals surface area (Å²) in [6.45, 7) is 3.29. The molecule has 0 saturated heterocycles. The van der Waals surface area contributed by atoms with E-state index < -0.39 is 35.9 Å². The molecule has 10 heteroatoms. The van der Waals surface area contributed by atoms with Crippen LogP contribution < -0.4 is 5.32 Å². The molecule has 9 nitrogen and oxygen atoms in total. The molecule has 0 aliphatic rings. The Hall–Kier alpha value is -2.42. The van der Waals surface area contributed by atoms with Gasteiger partial charge in [-0.2, -0.15) is 4.79 Å². The number of hydrogen-bond acceptors (Lipinski definition) is 7. The van der Waals surface area contributed by atoms with Crippen molar-refractivity contribution in [3.8, 4) is 0 Å². The summed E-state index contributed by atoms with van der Waals surface area (Å²) in [7, 11) is 0. The Bertz CT molecular complexity index is 625. The number of ketones is 1. The number of rotatable bonds is 9. The average molecular weight is 354 g/mol. The molecule has 1 amide bonds. The molecule has 1 heterocycles. The van der Waals surface area contributed by atoms with E-state index in [2.05, 4.69) is 15.1 Å². The first-order valence-electron chi connectivity index (χ1n) is 7.13. The molecule has 0 unspecified atom stereocenters. The van der Waals surface area contributed by atoms with Gasteiger partial charge < -0.3 is 20.7 Å². The van der Waals surface area contributed by atoms with Gasteiger partial charge in [-0.15, -0.1) is 11.3 Å². The summed E-state index contributed by atoms with van der Waals surface area (Å²) in [6.07, 6.45) is 0.0114. The van der Waals surface area contributed by atoms with Crippen molar-refractivity contribution in [1.29, 1.82) is 0 Å². The Morgan fingerprint density at radius 3 is 2.75 bits per heavy atom. The minimum atomic E-state index is -1.52. The standard InChI is InChI=1S/C14H18N4O5S/c1-8(2)23-14(22)10(4-3-9(19)7-17-15)18-12(21)11(20)13-16-5-6-24-13/h5-8,10-11,20H,3-4H2,1-2H3,(H,18,21)/t10-,11-/m0/s1. The first-order chi connectivity index (χ1) is 11.3. The summed E-state index contributed by atoms with van der Waals surface area (Å²) >= 11 is 1.09. The van der Waals surface area contributed by atoms with E-state index in [0.29, 0.717) is 6.21 Å². The molecule has 0 fully saturated rings. The van der Waals surface area contributed by atoms with E-state index in [4.69, 9.17) is 10.3 Å². The summed E-state index contributed by atoms with van der Waals surface area (Å²) in [5, 5.41) is 14.1. The third-order valence-corrected chi connectivity index (χ3v) is 3.60. The van der Waals surface area contributed by atoms with E-state index in [9.17, 15) is 19.5 Å². The number of esters is 1. The number of nitrogens with zero attached hydrogens (tertiary/aromatic N) is 3. The lowest BCUT2D eigenvalue weighted by Crippen LogP contribution is -2.44. The van der Waals surface area contributed by atoms with Crippen LogP contribution in [-0.2, 0) is 19.1 Å². The third kappa shape index (κ3) is 6.37. The van der Waals surface area contributed by atoms with Crippen LogP contribution in [0.1, 0.15) is 37.8 Å². The van der Waals surface area contributed by atoms with Crippen molar-refractivity contribution in [3.05, 3.63) is 22.1 Å². The van der Waals surface area contributed by atoms with Crippen molar-refractivity contribution in [2.24, 2.45) is 0 Å². The van der Waals surface area contributed by atoms with Crippen LogP contribution in [0.2, 0.25) is 0 Å². The fourth-order valence-corrected chi connectivity index (χ4v) is 2.33. The predicted molar refractivity (Wildman–Crippen MR) is 84.2 cm³/mol. The molecule has 0 saturated carbocycles. The van der Waals surface area contributed by atoms with Crippen LogP contribution in [0.15, 0.2) is 11.6 Å². The summed E-state index contributed by atoms with van der Waals surface area (Å²) in [5.74, 6) is -2.06. The largest absolute Gasteiger partial charge is 0.461 e. The number of aromatic nitrogens is 1. The van der Waals surface area contributed by atoms with E-state index in [1.165, 1.54) is 6.20 Å². The number of nitrogens with one attached hydrogen (secondary N) is 1. The summed E-state index contributed by atoms with van der Waals surface area (Å²) < 4.78 is 5.03. The number of carbonyl (C=O) groups is 3. The molecule has 0 bridgehead atoms. The maximum absolute atomic E-state index is 12.1. The average Bonchev–Trinajstić information content (AvgIpc) is 3.04. The van der Waals surface area contributed by atoms with Gasteiger partial charge in [0.1, 0.15) is 11.0 Å². The van der Waals surface area contributed by atoms with Crippen molar-refractivity contribution in [1.82, 2.24) is 10.3 Å². The molecule has 24 heavy (non-hydrogen) atoms. The van der Waals surface area contributed by atoms with Crippen LogP contribution in [0, 0.1) is 0 Å². The lowest BCUT2D eigenvalue weighted by Gasteiger charge is -2.19. The smallest absolute Gasteiger partial charge is 0.328 e. The Balaban J connectivity index is 2.76. The van der Waals surface area contributed by atoms with Crippen molar-refractivity contribution >= 4 is 35.2 Å². The molecule has 0 spiro atoms. The monoisotopic (exact) mass is 354 g/mol. The van der Waals surface area contributed by atoms with E-state index in [-0.39, 0.29) is 17.8 Å². The van der Waals surface area contributed by atoms with Crippen molar-refractivity contribution in [2.45, 2.75) is 44.9 Å². The second-order valence-electron chi connectivity index (χ2n) is 5.07. The van der Waals surface area contributed by atoms with Gasteiger partial charge in [-0.1, -0.05) is 0 Å². The highest BCUT2D eigenvalue weighted by Gasteiger charge is 2.28. The number of Topliss-reactive ketones (excluding diaryl/α,β-unsaturated/α-hetero) is 1. The van der Waals surface area contributed by atoms with Gasteiger partial charge in [0.05, 0.1) is 6.10 Å². The molecule has 0 aliphatic carbocycles. The fourth-order valence-electron chi connectivity index (χ4n) is 1.71. The molecule has 0 aliphatic heterocycles. The lowest BCUT2D eigenvalue weighted by atomic mass is 10.1. The quantitative estimate of drug-likeness (QED) is 0.282. The van der Waals surface area contributed by atoms with Gasteiger partial charge in [-0.05, 0) is 20.3 Å². The number of amides is 1. The molecule has 1 aromatic heterocycles. The summed E-state index contributed by atoms with van der Waals surface area (Å²) in [5.41, 5.74) is 8.30. The first-order valence-corrected chi connectivity index (χ1v) is 8.01. The molecule has 0 aromatic carbocycles. The van der Waals surface area contributed by atoms with Gasteiger partial charge >= 0.3 is 12.2 Å². The van der Waals surface area contributed by atoms with E-state index >= 15 is 0 Å². The Morgan fingerprint density at radius 2 is 2.21 bits per heavy atom. The Kier molecular flexibility index (Phi) is 7.90. The highest BCUT2D eigenvalue weighted by atomic mass is 32.1. The fraction of sp³-hybridized carbons (Fsp3) is 0.500. The van der Waals surface area contributed by atoms with Crippen LogP contribution >= 0.6 is 11.3 Å². The number of aliphatic hydroxyl groups is 1. The number of ether oxygens (including phenoxy) is 1. The second-order valence-corrected chi connectivity index (χ2v) is 6.00. The van der Waals surface area contributed by atoms with Crippen LogP contribution in [0.4, 0.5) is 0 Å². The number of carbonyl (C=O) groups excluding carboxylic acids is 3. The molecule has 1 aromatic rings. The van der Waals surface area contributed by atoms with E-state index in [1.54, 1.807) is 19.2 Å².